The SMILES string of the molecule is CC1=NC(C)=C(C(=O)OCCCl)C(c2cccc([N+](=O)[O-])c2)C1C(=O)OCC(C)C. The predicted octanol–water partition coefficient (Wildman–Crippen LogP) is 4.02. The second-order valence-corrected chi connectivity index (χ2v) is 7.79. The Morgan fingerprint density at radius 1 is 1.27 bits per heavy atom. The third-order valence-electron chi connectivity index (χ3n) is 4.61. The summed E-state index contributed by atoms with van der Waals surface area (Å²) in [5.41, 5.74) is 1.30. The van der Waals surface area contributed by atoms with E-state index in [1.54, 1.807) is 19.9 Å². The van der Waals surface area contributed by atoms with Crippen LogP contribution < -0.4 is 0 Å². The molecule has 0 amide bonds. The summed E-state index contributed by atoms with van der Waals surface area (Å²) >= 11 is 5.63. The minimum absolute atomic E-state index is 0.00994. The quantitative estimate of drug-likeness (QED) is 0.263. The van der Waals surface area contributed by atoms with E-state index in [4.69, 9.17) is 21.1 Å². The first-order valence-corrected chi connectivity index (χ1v) is 10.1. The van der Waals surface area contributed by atoms with Crippen LogP contribution in [0.1, 0.15) is 39.2 Å². The lowest BCUT2D eigenvalue weighted by Crippen LogP contribution is -2.37. The van der Waals surface area contributed by atoms with Crippen LogP contribution in [0.5, 0.6) is 0 Å². The standard InChI is InChI=1S/C21H25ClN2O6/c1-12(2)11-30-21(26)18-14(4)23-13(3)17(20(25)29-9-8-22)19(18)15-6-5-7-16(10-15)24(27)28/h5-7,10,12,18-19H,8-9,11H2,1-4H3. The smallest absolute Gasteiger partial charge is 0.336 e. The maximum atomic E-state index is 13.0. The number of aliphatic imine (C=N–C) groups is 1. The van der Waals surface area contributed by atoms with Gasteiger partial charge in [0.15, 0.2) is 0 Å². The first-order valence-electron chi connectivity index (χ1n) is 9.57. The Labute approximate surface area is 180 Å². The first kappa shape index (κ1) is 23.5. The third-order valence-corrected chi connectivity index (χ3v) is 4.77. The van der Waals surface area contributed by atoms with E-state index >= 15 is 0 Å². The Morgan fingerprint density at radius 3 is 2.57 bits per heavy atom. The number of ether oxygens (including phenoxy) is 2. The van der Waals surface area contributed by atoms with E-state index < -0.39 is 28.7 Å². The summed E-state index contributed by atoms with van der Waals surface area (Å²) in [4.78, 5) is 40.9. The minimum Gasteiger partial charge on any atom is -0.465 e. The molecule has 2 rings (SSSR count). The number of nitrogens with zero attached hydrogens (tertiary/aromatic N) is 2. The van der Waals surface area contributed by atoms with Crippen molar-refractivity contribution in [2.24, 2.45) is 16.8 Å². The van der Waals surface area contributed by atoms with Gasteiger partial charge in [-0.3, -0.25) is 19.9 Å². The molecule has 2 unspecified atom stereocenters. The van der Waals surface area contributed by atoms with Crippen molar-refractivity contribution in [2.75, 3.05) is 19.1 Å². The fourth-order valence-corrected chi connectivity index (χ4v) is 3.42. The van der Waals surface area contributed by atoms with Crippen LogP contribution in [0.4, 0.5) is 5.69 Å². The molecule has 0 radical (unpaired) electrons. The number of rotatable bonds is 8. The molecule has 0 fully saturated rings. The highest BCUT2D eigenvalue weighted by Gasteiger charge is 2.42. The largest absolute Gasteiger partial charge is 0.465 e. The Hall–Kier alpha value is -2.74. The van der Waals surface area contributed by atoms with Crippen LogP contribution in [0.3, 0.4) is 0 Å². The normalized spacial score (nSPS) is 18.8. The Morgan fingerprint density at radius 2 is 1.97 bits per heavy atom. The van der Waals surface area contributed by atoms with Crippen LogP contribution >= 0.6 is 11.6 Å². The van der Waals surface area contributed by atoms with Crippen molar-refractivity contribution in [3.05, 3.63) is 51.2 Å². The van der Waals surface area contributed by atoms with E-state index in [0.29, 0.717) is 17.0 Å². The molecule has 1 aromatic rings. The number of carbonyl (C=O) groups excluding carboxylic acids is 2. The number of nitro benzene ring substituents is 1. The van der Waals surface area contributed by atoms with E-state index in [1.807, 2.05) is 13.8 Å². The number of hydrogen-bond acceptors (Lipinski definition) is 7. The van der Waals surface area contributed by atoms with E-state index in [-0.39, 0.29) is 36.3 Å². The zero-order valence-electron chi connectivity index (χ0n) is 17.4. The molecule has 9 heteroatoms. The average Bonchev–Trinajstić information content (AvgIpc) is 2.69. The highest BCUT2D eigenvalue weighted by molar-refractivity contribution is 6.18. The zero-order chi connectivity index (χ0) is 22.4. The van der Waals surface area contributed by atoms with Crippen molar-refractivity contribution in [1.29, 1.82) is 0 Å². The van der Waals surface area contributed by atoms with E-state index in [0.717, 1.165) is 0 Å². The van der Waals surface area contributed by atoms with Crippen molar-refractivity contribution < 1.29 is 24.0 Å². The van der Waals surface area contributed by atoms with E-state index in [1.165, 1.54) is 18.2 Å². The number of non-ortho nitro benzene ring substituents is 1. The zero-order valence-corrected chi connectivity index (χ0v) is 18.1. The first-order chi connectivity index (χ1) is 14.2. The van der Waals surface area contributed by atoms with Crippen molar-refractivity contribution in [2.45, 2.75) is 33.6 Å². The number of nitro groups is 1. The van der Waals surface area contributed by atoms with Gasteiger partial charge >= 0.3 is 11.9 Å². The van der Waals surface area contributed by atoms with Crippen LogP contribution in [0.2, 0.25) is 0 Å². The topological polar surface area (TPSA) is 108 Å². The molecule has 0 saturated carbocycles. The third kappa shape index (κ3) is 5.44. The van der Waals surface area contributed by atoms with Gasteiger partial charge in [0.05, 0.1) is 23.0 Å². The fourth-order valence-electron chi connectivity index (χ4n) is 3.35. The van der Waals surface area contributed by atoms with E-state index in [2.05, 4.69) is 4.99 Å². The van der Waals surface area contributed by atoms with Crippen LogP contribution in [-0.2, 0) is 19.1 Å². The summed E-state index contributed by atoms with van der Waals surface area (Å²) in [6, 6.07) is 5.86. The molecule has 1 aliphatic rings. The van der Waals surface area contributed by atoms with Crippen LogP contribution in [0.15, 0.2) is 40.5 Å². The molecule has 8 nitrogen and oxygen atoms in total. The summed E-state index contributed by atoms with van der Waals surface area (Å²) in [7, 11) is 0. The molecule has 1 aromatic carbocycles. The van der Waals surface area contributed by atoms with Gasteiger partial charge in [-0.2, -0.15) is 0 Å². The van der Waals surface area contributed by atoms with Crippen molar-refractivity contribution in [3.8, 4) is 0 Å². The van der Waals surface area contributed by atoms with Gasteiger partial charge in [-0.25, -0.2) is 4.79 Å². The summed E-state index contributed by atoms with van der Waals surface area (Å²) in [5, 5.41) is 11.3. The molecule has 1 heterocycles. The number of allylic oxidation sites excluding steroid dienone is 1. The van der Waals surface area contributed by atoms with Gasteiger partial charge in [-0.15, -0.1) is 11.6 Å². The van der Waals surface area contributed by atoms with E-state index in [9.17, 15) is 19.7 Å². The van der Waals surface area contributed by atoms with Gasteiger partial charge in [-0.05, 0) is 25.3 Å². The highest BCUT2D eigenvalue weighted by Crippen LogP contribution is 2.41. The lowest BCUT2D eigenvalue weighted by molar-refractivity contribution is -0.384. The summed E-state index contributed by atoms with van der Waals surface area (Å²) < 4.78 is 10.6. The van der Waals surface area contributed by atoms with Gasteiger partial charge in [0.1, 0.15) is 12.5 Å². The lowest BCUT2D eigenvalue weighted by atomic mass is 9.75. The Kier molecular flexibility index (Phi) is 8.11. The van der Waals surface area contributed by atoms with Gasteiger partial charge in [0.2, 0.25) is 0 Å². The molecular weight excluding hydrogens is 412 g/mol. The van der Waals surface area contributed by atoms with Crippen molar-refractivity contribution in [3.63, 3.8) is 0 Å². The molecule has 0 aromatic heterocycles. The second kappa shape index (κ2) is 10.3. The van der Waals surface area contributed by atoms with Gasteiger partial charge in [0.25, 0.3) is 5.69 Å². The van der Waals surface area contributed by atoms with Crippen LogP contribution in [0, 0.1) is 22.0 Å². The summed E-state index contributed by atoms with van der Waals surface area (Å²) in [6.45, 7) is 7.33. The number of hydrogen-bond donors (Lipinski definition) is 0. The molecule has 162 valence electrons. The summed E-state index contributed by atoms with van der Waals surface area (Å²) in [5.74, 6) is -2.71. The van der Waals surface area contributed by atoms with Crippen LogP contribution in [0.25, 0.3) is 0 Å². The number of halogens is 1. The molecular formula is C21H25ClN2O6. The molecule has 0 bridgehead atoms. The minimum atomic E-state index is -0.909. The number of alkyl halides is 1. The van der Waals surface area contributed by atoms with Gasteiger partial charge < -0.3 is 9.47 Å². The molecule has 2 atom stereocenters. The molecule has 0 saturated heterocycles. The average molecular weight is 437 g/mol. The highest BCUT2D eigenvalue weighted by atomic mass is 35.5. The Bertz CT molecular complexity index is 893. The van der Waals surface area contributed by atoms with Gasteiger partial charge in [0, 0.05) is 29.5 Å². The van der Waals surface area contributed by atoms with Crippen molar-refractivity contribution in [1.82, 2.24) is 0 Å². The van der Waals surface area contributed by atoms with Crippen LogP contribution in [-0.4, -0.2) is 41.7 Å². The molecule has 0 N–H and O–H groups in total. The summed E-state index contributed by atoms with van der Waals surface area (Å²) in [6.07, 6.45) is 0. The number of benzene rings is 1. The number of carbonyl (C=O) groups is 2. The maximum absolute atomic E-state index is 13.0. The maximum Gasteiger partial charge on any atom is 0.336 e. The molecule has 0 spiro atoms. The fraction of sp³-hybridized carbons (Fsp3) is 0.476. The molecule has 30 heavy (non-hydrogen) atoms. The molecule has 0 aliphatic carbocycles. The van der Waals surface area contributed by atoms with Crippen molar-refractivity contribution >= 4 is 34.9 Å². The monoisotopic (exact) mass is 436 g/mol. The second-order valence-electron chi connectivity index (χ2n) is 7.41. The Balaban J connectivity index is 2.59. The molecule has 1 aliphatic heterocycles. The number of esters is 2. The predicted molar refractivity (Wildman–Crippen MR) is 113 cm³/mol. The van der Waals surface area contributed by atoms with Gasteiger partial charge in [-0.1, -0.05) is 26.0 Å². The lowest BCUT2D eigenvalue weighted by Gasteiger charge is -2.31.